The minimum atomic E-state index is -1.77. The number of hydrogen-bond acceptors (Lipinski definition) is 6. The fourth-order valence-corrected chi connectivity index (χ4v) is 1.01. The van der Waals surface area contributed by atoms with Gasteiger partial charge in [0.1, 0.15) is 5.75 Å². The van der Waals surface area contributed by atoms with E-state index >= 15 is 0 Å². The summed E-state index contributed by atoms with van der Waals surface area (Å²) in [5.41, 5.74) is 16.1. The van der Waals surface area contributed by atoms with Crippen LogP contribution >= 0.6 is 0 Å². The Morgan fingerprint density at radius 1 is 1.33 bits per heavy atom. The highest BCUT2D eigenvalue weighted by Crippen LogP contribution is 2.15. The molecule has 82 valence electrons. The van der Waals surface area contributed by atoms with E-state index in [0.717, 1.165) is 0 Å². The van der Waals surface area contributed by atoms with Crippen LogP contribution < -0.4 is 21.9 Å². The molecule has 1 aromatic carbocycles. The van der Waals surface area contributed by atoms with Gasteiger partial charge in [-0.2, -0.15) is 0 Å². The quantitative estimate of drug-likeness (QED) is 0.451. The first-order chi connectivity index (χ1) is 6.92. The van der Waals surface area contributed by atoms with E-state index in [-0.39, 0.29) is 0 Å². The van der Waals surface area contributed by atoms with Crippen molar-refractivity contribution >= 4 is 5.97 Å². The van der Waals surface area contributed by atoms with Gasteiger partial charge in [0.05, 0.1) is 12.7 Å². The number of nitrogens with two attached hydrogens (primary N) is 3. The first-order valence-electron chi connectivity index (χ1n) is 4.16. The maximum Gasteiger partial charge on any atom is 0.337 e. The Morgan fingerprint density at radius 3 is 2.53 bits per heavy atom. The normalized spacial score (nSPS) is 10.9. The van der Waals surface area contributed by atoms with Crippen LogP contribution in [0.5, 0.6) is 5.75 Å². The third-order valence-electron chi connectivity index (χ3n) is 1.55. The molecule has 6 nitrogen and oxygen atoms in total. The summed E-state index contributed by atoms with van der Waals surface area (Å²) < 4.78 is 9.50. The van der Waals surface area contributed by atoms with Crippen LogP contribution in [0.1, 0.15) is 10.4 Å². The molecule has 0 aliphatic carbocycles. The van der Waals surface area contributed by atoms with Crippen LogP contribution in [0.25, 0.3) is 0 Å². The van der Waals surface area contributed by atoms with Crippen LogP contribution in [0.3, 0.4) is 0 Å². The Bertz CT molecular complexity index is 360. The van der Waals surface area contributed by atoms with Crippen LogP contribution in [0.4, 0.5) is 0 Å². The van der Waals surface area contributed by atoms with E-state index in [1.807, 2.05) is 0 Å². The van der Waals surface area contributed by atoms with Crippen molar-refractivity contribution in [3.8, 4) is 5.75 Å². The third-order valence-corrected chi connectivity index (χ3v) is 1.55. The minimum absolute atomic E-state index is 0.297. The second kappa shape index (κ2) is 4.26. The Balaban J connectivity index is 2.88. The molecule has 0 heterocycles. The van der Waals surface area contributed by atoms with E-state index in [0.29, 0.717) is 11.3 Å². The van der Waals surface area contributed by atoms with Gasteiger partial charge in [-0.25, -0.2) is 4.79 Å². The highest BCUT2D eigenvalue weighted by Gasteiger charge is 2.14. The molecule has 6 N–H and O–H groups in total. The van der Waals surface area contributed by atoms with Crippen LogP contribution in [-0.2, 0) is 4.74 Å². The number of methoxy groups -OCH3 is 1. The van der Waals surface area contributed by atoms with Crippen LogP contribution in [0.15, 0.2) is 24.3 Å². The van der Waals surface area contributed by atoms with Gasteiger partial charge in [-0.05, 0) is 18.2 Å². The smallest absolute Gasteiger partial charge is 0.337 e. The van der Waals surface area contributed by atoms with Crippen LogP contribution in [0, 0.1) is 0 Å². The molecule has 0 unspecified atom stereocenters. The molecule has 0 fully saturated rings. The summed E-state index contributed by atoms with van der Waals surface area (Å²) in [6.45, 7) is 0. The summed E-state index contributed by atoms with van der Waals surface area (Å²) in [7, 11) is 1.29. The van der Waals surface area contributed by atoms with E-state index in [1.54, 1.807) is 18.2 Å². The molecule has 0 amide bonds. The van der Waals surface area contributed by atoms with Gasteiger partial charge >= 0.3 is 5.97 Å². The second-order valence-corrected chi connectivity index (χ2v) is 2.98. The predicted octanol–water partition coefficient (Wildman–Crippen LogP) is -0.661. The summed E-state index contributed by atoms with van der Waals surface area (Å²) in [5.74, 6) is -1.95. The van der Waals surface area contributed by atoms with E-state index in [4.69, 9.17) is 21.9 Å². The van der Waals surface area contributed by atoms with Crippen molar-refractivity contribution in [3.05, 3.63) is 29.8 Å². The minimum Gasteiger partial charge on any atom is -0.465 e. The molecule has 0 bridgehead atoms. The van der Waals surface area contributed by atoms with Gasteiger partial charge in [-0.3, -0.25) is 17.2 Å². The molecular formula is C9H13N3O3. The lowest BCUT2D eigenvalue weighted by Crippen LogP contribution is -2.62. The summed E-state index contributed by atoms with van der Waals surface area (Å²) in [6.07, 6.45) is 0. The maximum absolute atomic E-state index is 11.2. The number of rotatable bonds is 3. The molecule has 0 aliphatic rings. The molecule has 0 atom stereocenters. The summed E-state index contributed by atoms with van der Waals surface area (Å²) in [6, 6.07) is 6.19. The fourth-order valence-electron chi connectivity index (χ4n) is 1.01. The van der Waals surface area contributed by atoms with E-state index < -0.39 is 11.9 Å². The summed E-state index contributed by atoms with van der Waals surface area (Å²) in [5, 5.41) is 0. The first kappa shape index (κ1) is 11.4. The molecule has 0 radical (unpaired) electrons. The number of esters is 1. The lowest BCUT2D eigenvalue weighted by atomic mass is 10.2. The number of carbonyl (C=O) groups is 1. The molecular weight excluding hydrogens is 198 g/mol. The van der Waals surface area contributed by atoms with Gasteiger partial charge in [0, 0.05) is 0 Å². The summed E-state index contributed by atoms with van der Waals surface area (Å²) in [4.78, 5) is 11.2. The zero-order valence-electron chi connectivity index (χ0n) is 8.27. The molecule has 0 saturated carbocycles. The van der Waals surface area contributed by atoms with Crippen molar-refractivity contribution in [2.45, 2.75) is 5.97 Å². The Morgan fingerprint density at radius 2 is 2.00 bits per heavy atom. The molecule has 1 aromatic rings. The van der Waals surface area contributed by atoms with Gasteiger partial charge in [-0.1, -0.05) is 6.07 Å². The SMILES string of the molecule is COC(=O)c1cccc(OC(N)(N)N)c1. The summed E-state index contributed by atoms with van der Waals surface area (Å²) >= 11 is 0. The van der Waals surface area contributed by atoms with Crippen molar-refractivity contribution in [2.24, 2.45) is 17.2 Å². The molecule has 0 saturated heterocycles. The number of ether oxygens (including phenoxy) is 2. The van der Waals surface area contributed by atoms with E-state index in [9.17, 15) is 4.79 Å². The van der Waals surface area contributed by atoms with Gasteiger partial charge in [0.25, 0.3) is 5.97 Å². The largest absolute Gasteiger partial charge is 0.465 e. The maximum atomic E-state index is 11.2. The van der Waals surface area contributed by atoms with Gasteiger partial charge in [0.15, 0.2) is 0 Å². The third kappa shape index (κ3) is 3.55. The standard InChI is InChI=1S/C9H13N3O3/c1-14-8(13)6-3-2-4-7(5-6)15-9(10,11)12/h2-5H,10-12H2,1H3. The van der Waals surface area contributed by atoms with Crippen molar-refractivity contribution in [3.63, 3.8) is 0 Å². The molecule has 0 aromatic heterocycles. The molecule has 6 heteroatoms. The number of carbonyl (C=O) groups excluding carboxylic acids is 1. The van der Waals surface area contributed by atoms with Crippen LogP contribution in [-0.4, -0.2) is 19.1 Å². The average molecular weight is 211 g/mol. The lowest BCUT2D eigenvalue weighted by molar-refractivity contribution is 0.0596. The molecule has 0 aliphatic heterocycles. The Labute approximate surface area is 86.9 Å². The predicted molar refractivity (Wildman–Crippen MR) is 53.7 cm³/mol. The Hall–Kier alpha value is -1.63. The second-order valence-electron chi connectivity index (χ2n) is 2.98. The van der Waals surface area contributed by atoms with Crippen LogP contribution in [0.2, 0.25) is 0 Å². The number of benzene rings is 1. The van der Waals surface area contributed by atoms with E-state index in [1.165, 1.54) is 13.2 Å². The molecule has 0 spiro atoms. The average Bonchev–Trinajstić information content (AvgIpc) is 2.14. The highest BCUT2D eigenvalue weighted by molar-refractivity contribution is 5.89. The fraction of sp³-hybridized carbons (Fsp3) is 0.222. The van der Waals surface area contributed by atoms with E-state index in [2.05, 4.69) is 4.74 Å². The molecule has 1 rings (SSSR count). The first-order valence-corrected chi connectivity index (χ1v) is 4.16. The van der Waals surface area contributed by atoms with Crippen molar-refractivity contribution in [1.29, 1.82) is 0 Å². The van der Waals surface area contributed by atoms with Gasteiger partial charge < -0.3 is 9.47 Å². The van der Waals surface area contributed by atoms with Crippen molar-refractivity contribution in [2.75, 3.05) is 7.11 Å². The lowest BCUT2D eigenvalue weighted by Gasteiger charge is -2.20. The zero-order valence-corrected chi connectivity index (χ0v) is 8.27. The number of hydrogen-bond donors (Lipinski definition) is 3. The van der Waals surface area contributed by atoms with Gasteiger partial charge in [0.2, 0.25) is 0 Å². The monoisotopic (exact) mass is 211 g/mol. The Kier molecular flexibility index (Phi) is 3.25. The van der Waals surface area contributed by atoms with Crippen molar-refractivity contribution < 1.29 is 14.3 Å². The topological polar surface area (TPSA) is 114 Å². The van der Waals surface area contributed by atoms with Crippen molar-refractivity contribution in [1.82, 2.24) is 0 Å². The molecule has 15 heavy (non-hydrogen) atoms. The van der Waals surface area contributed by atoms with Gasteiger partial charge in [-0.15, -0.1) is 0 Å². The zero-order chi connectivity index (χ0) is 11.5. The highest BCUT2D eigenvalue weighted by atomic mass is 16.5.